The number of anilines is 1. The van der Waals surface area contributed by atoms with Gasteiger partial charge in [0.15, 0.2) is 0 Å². The fourth-order valence-electron chi connectivity index (χ4n) is 1.83. The predicted octanol–water partition coefficient (Wildman–Crippen LogP) is 1.18. The minimum atomic E-state index is -0.0703. The number of carbonyl (C=O) groups excluding carboxylic acids is 1. The van der Waals surface area contributed by atoms with Crippen LogP contribution in [0.25, 0.3) is 0 Å². The number of rotatable bonds is 5. The van der Waals surface area contributed by atoms with Gasteiger partial charge in [-0.15, -0.1) is 35.0 Å². The summed E-state index contributed by atoms with van der Waals surface area (Å²) in [5, 5.41) is 15.6. The number of aromatic nitrogens is 2. The topological polar surface area (TPSA) is 70.2 Å². The second kappa shape index (κ2) is 9.46. The van der Waals surface area contributed by atoms with E-state index in [4.69, 9.17) is 0 Å². The van der Waals surface area contributed by atoms with Crippen LogP contribution < -0.4 is 10.6 Å². The monoisotopic (exact) mass is 341 g/mol. The second-order valence-corrected chi connectivity index (χ2v) is 5.75. The van der Waals surface area contributed by atoms with E-state index in [0.717, 1.165) is 37.4 Å². The lowest BCUT2D eigenvalue weighted by molar-refractivity contribution is -0.117. The van der Waals surface area contributed by atoms with Crippen molar-refractivity contribution in [1.29, 1.82) is 0 Å². The lowest BCUT2D eigenvalue weighted by Crippen LogP contribution is -2.35. The molecule has 0 saturated carbocycles. The average Bonchev–Trinajstić information content (AvgIpc) is 2.97. The highest BCUT2D eigenvalue weighted by atomic mass is 35.5. The number of likely N-dealkylation sites (N-methyl/N-ethyl adjacent to an activating group) is 1. The maximum Gasteiger partial charge on any atom is 0.243 e. The smallest absolute Gasteiger partial charge is 0.243 e. The molecule has 1 aromatic heterocycles. The third-order valence-electron chi connectivity index (χ3n) is 2.85. The van der Waals surface area contributed by atoms with E-state index in [1.54, 1.807) is 0 Å². The SMILES string of the molecule is CN(C)CCc1nnc(NC(=O)C2CCCN2)s1.Cl.Cl. The minimum absolute atomic E-state index is 0. The molecule has 20 heavy (non-hydrogen) atoms. The average molecular weight is 342 g/mol. The molecule has 116 valence electrons. The summed E-state index contributed by atoms with van der Waals surface area (Å²) < 4.78 is 0. The molecule has 2 N–H and O–H groups in total. The van der Waals surface area contributed by atoms with Gasteiger partial charge in [-0.25, -0.2) is 0 Å². The first-order chi connectivity index (χ1) is 8.65. The Bertz CT molecular complexity index is 409. The van der Waals surface area contributed by atoms with Crippen molar-refractivity contribution in [2.75, 3.05) is 32.5 Å². The molecule has 6 nitrogen and oxygen atoms in total. The van der Waals surface area contributed by atoms with Gasteiger partial charge in [0.05, 0.1) is 6.04 Å². The van der Waals surface area contributed by atoms with E-state index in [-0.39, 0.29) is 36.8 Å². The maximum atomic E-state index is 11.8. The Balaban J connectivity index is 0.00000180. The Morgan fingerprint density at radius 3 is 2.80 bits per heavy atom. The van der Waals surface area contributed by atoms with Gasteiger partial charge in [0.1, 0.15) is 5.01 Å². The van der Waals surface area contributed by atoms with Crippen molar-refractivity contribution >= 4 is 47.2 Å². The minimum Gasteiger partial charge on any atom is -0.309 e. The normalized spacial score (nSPS) is 17.4. The van der Waals surface area contributed by atoms with Crippen LogP contribution in [-0.2, 0) is 11.2 Å². The summed E-state index contributed by atoms with van der Waals surface area (Å²) in [6.07, 6.45) is 2.82. The first-order valence-electron chi connectivity index (χ1n) is 6.16. The van der Waals surface area contributed by atoms with E-state index in [0.29, 0.717) is 5.13 Å². The molecule has 1 aliphatic rings. The van der Waals surface area contributed by atoms with Crippen LogP contribution in [0.15, 0.2) is 0 Å². The van der Waals surface area contributed by atoms with Crippen LogP contribution in [-0.4, -0.2) is 54.2 Å². The Kier molecular flexibility index (Phi) is 9.24. The van der Waals surface area contributed by atoms with Gasteiger partial charge in [-0.2, -0.15) is 0 Å². The molecule has 1 fully saturated rings. The molecule has 2 rings (SSSR count). The molecule has 9 heteroatoms. The summed E-state index contributed by atoms with van der Waals surface area (Å²) in [6.45, 7) is 1.86. The lowest BCUT2D eigenvalue weighted by atomic mass is 10.2. The summed E-state index contributed by atoms with van der Waals surface area (Å²) in [5.41, 5.74) is 0. The highest BCUT2D eigenvalue weighted by Gasteiger charge is 2.22. The molecule has 0 spiro atoms. The molecule has 1 unspecified atom stereocenters. The molecule has 2 heterocycles. The van der Waals surface area contributed by atoms with Gasteiger partial charge < -0.3 is 10.2 Å². The summed E-state index contributed by atoms with van der Waals surface area (Å²) in [7, 11) is 4.05. The summed E-state index contributed by atoms with van der Waals surface area (Å²) >= 11 is 1.45. The number of amides is 1. The molecule has 1 atom stereocenters. The fraction of sp³-hybridized carbons (Fsp3) is 0.727. The second-order valence-electron chi connectivity index (χ2n) is 4.69. The summed E-state index contributed by atoms with van der Waals surface area (Å²) in [5.74, 6) is 0.00260. The van der Waals surface area contributed by atoms with Gasteiger partial charge in [-0.3, -0.25) is 10.1 Å². The van der Waals surface area contributed by atoms with Gasteiger partial charge in [0, 0.05) is 13.0 Å². The Morgan fingerprint density at radius 1 is 1.45 bits per heavy atom. The molecule has 0 aliphatic carbocycles. The van der Waals surface area contributed by atoms with Gasteiger partial charge in [0.2, 0.25) is 11.0 Å². The number of nitrogens with zero attached hydrogens (tertiary/aromatic N) is 3. The highest BCUT2D eigenvalue weighted by molar-refractivity contribution is 7.15. The standard InChI is InChI=1S/C11H19N5OS.2ClH/c1-16(2)7-5-9-14-15-11(18-9)13-10(17)8-4-3-6-12-8;;/h8,12H,3-7H2,1-2H3,(H,13,15,17);2*1H. The van der Waals surface area contributed by atoms with Crippen LogP contribution in [0.2, 0.25) is 0 Å². The fourth-order valence-corrected chi connectivity index (χ4v) is 2.56. The van der Waals surface area contributed by atoms with Crippen LogP contribution in [0.5, 0.6) is 0 Å². The van der Waals surface area contributed by atoms with Crippen molar-refractivity contribution in [2.24, 2.45) is 0 Å². The van der Waals surface area contributed by atoms with E-state index in [2.05, 4.69) is 25.7 Å². The van der Waals surface area contributed by atoms with Crippen molar-refractivity contribution in [2.45, 2.75) is 25.3 Å². The molecule has 1 saturated heterocycles. The lowest BCUT2D eigenvalue weighted by Gasteiger charge is -2.08. The van der Waals surface area contributed by atoms with Crippen LogP contribution >= 0.6 is 36.2 Å². The zero-order valence-electron chi connectivity index (χ0n) is 11.6. The largest absolute Gasteiger partial charge is 0.309 e. The Morgan fingerprint density at radius 2 is 2.20 bits per heavy atom. The third-order valence-corrected chi connectivity index (χ3v) is 3.75. The quantitative estimate of drug-likeness (QED) is 0.841. The zero-order valence-corrected chi connectivity index (χ0v) is 14.0. The third kappa shape index (κ3) is 5.88. The Labute approximate surface area is 135 Å². The van der Waals surface area contributed by atoms with Crippen LogP contribution in [0.4, 0.5) is 5.13 Å². The maximum absolute atomic E-state index is 11.8. The van der Waals surface area contributed by atoms with Gasteiger partial charge >= 0.3 is 0 Å². The van der Waals surface area contributed by atoms with E-state index in [1.807, 2.05) is 14.1 Å². The summed E-state index contributed by atoms with van der Waals surface area (Å²) in [6, 6.07) is -0.0703. The van der Waals surface area contributed by atoms with E-state index >= 15 is 0 Å². The van der Waals surface area contributed by atoms with Crippen molar-refractivity contribution in [3.63, 3.8) is 0 Å². The van der Waals surface area contributed by atoms with Crippen LogP contribution in [0, 0.1) is 0 Å². The molecular weight excluding hydrogens is 321 g/mol. The van der Waals surface area contributed by atoms with Crippen LogP contribution in [0.1, 0.15) is 17.8 Å². The number of halogens is 2. The Hall–Kier alpha value is -0.470. The van der Waals surface area contributed by atoms with Gasteiger partial charge in [-0.1, -0.05) is 11.3 Å². The zero-order chi connectivity index (χ0) is 13.0. The molecule has 0 bridgehead atoms. The highest BCUT2D eigenvalue weighted by Crippen LogP contribution is 2.17. The number of nitrogens with one attached hydrogen (secondary N) is 2. The molecule has 1 amide bonds. The van der Waals surface area contributed by atoms with Crippen molar-refractivity contribution in [3.05, 3.63) is 5.01 Å². The first kappa shape index (κ1) is 19.5. The number of hydrogen-bond acceptors (Lipinski definition) is 6. The molecule has 0 aromatic carbocycles. The van der Waals surface area contributed by atoms with Gasteiger partial charge in [0.25, 0.3) is 0 Å². The molecular formula is C11H21Cl2N5OS. The van der Waals surface area contributed by atoms with E-state index in [9.17, 15) is 4.79 Å². The predicted molar refractivity (Wildman–Crippen MR) is 86.3 cm³/mol. The van der Waals surface area contributed by atoms with Crippen LogP contribution in [0.3, 0.4) is 0 Å². The molecule has 1 aromatic rings. The van der Waals surface area contributed by atoms with Crippen molar-refractivity contribution in [1.82, 2.24) is 20.4 Å². The van der Waals surface area contributed by atoms with E-state index in [1.165, 1.54) is 11.3 Å². The van der Waals surface area contributed by atoms with E-state index < -0.39 is 0 Å². The first-order valence-corrected chi connectivity index (χ1v) is 6.98. The van der Waals surface area contributed by atoms with Gasteiger partial charge in [-0.05, 0) is 33.5 Å². The summed E-state index contributed by atoms with van der Waals surface area (Å²) in [4.78, 5) is 13.9. The van der Waals surface area contributed by atoms with Crippen molar-refractivity contribution < 1.29 is 4.79 Å². The molecule has 1 aliphatic heterocycles. The number of carbonyl (C=O) groups is 1. The number of hydrogen-bond donors (Lipinski definition) is 2. The molecule has 0 radical (unpaired) electrons. The van der Waals surface area contributed by atoms with Crippen molar-refractivity contribution in [3.8, 4) is 0 Å².